The number of furan rings is 1. The molecule has 2 rings (SSSR count). The van der Waals surface area contributed by atoms with Crippen molar-refractivity contribution in [3.63, 3.8) is 0 Å². The number of nitrogens with zero attached hydrogens (tertiary/aromatic N) is 1. The van der Waals surface area contributed by atoms with E-state index in [9.17, 15) is 4.79 Å². The lowest BCUT2D eigenvalue weighted by atomic mass is 10.1. The minimum atomic E-state index is -0.324. The van der Waals surface area contributed by atoms with Crippen molar-refractivity contribution in [2.45, 2.75) is 13.8 Å². The van der Waals surface area contributed by atoms with Gasteiger partial charge in [0.05, 0.1) is 6.21 Å². The number of hydrogen-bond acceptors (Lipinski definition) is 4. The summed E-state index contributed by atoms with van der Waals surface area (Å²) in [6.07, 6.45) is 1.44. The zero-order valence-corrected chi connectivity index (χ0v) is 13.9. The maximum absolute atomic E-state index is 11.7. The van der Waals surface area contributed by atoms with Crippen LogP contribution >= 0.6 is 22.6 Å². The Hall–Kier alpha value is -1.83. The number of halogens is 1. The minimum Gasteiger partial charge on any atom is -0.483 e. The van der Waals surface area contributed by atoms with Crippen molar-refractivity contribution in [2.24, 2.45) is 5.10 Å². The van der Waals surface area contributed by atoms with E-state index in [2.05, 4.69) is 33.1 Å². The molecule has 1 aromatic heterocycles. The summed E-state index contributed by atoms with van der Waals surface area (Å²) in [5.41, 5.74) is 4.39. The molecule has 0 radical (unpaired) electrons. The van der Waals surface area contributed by atoms with Crippen molar-refractivity contribution < 1.29 is 13.9 Å². The van der Waals surface area contributed by atoms with Gasteiger partial charge in [-0.1, -0.05) is 18.2 Å². The molecule has 0 aliphatic heterocycles. The molecule has 1 amide bonds. The van der Waals surface area contributed by atoms with Gasteiger partial charge in [-0.25, -0.2) is 5.43 Å². The van der Waals surface area contributed by atoms with E-state index in [0.29, 0.717) is 5.76 Å². The van der Waals surface area contributed by atoms with Crippen LogP contribution in [-0.4, -0.2) is 18.7 Å². The van der Waals surface area contributed by atoms with Crippen molar-refractivity contribution >= 4 is 34.7 Å². The van der Waals surface area contributed by atoms with E-state index in [1.54, 1.807) is 6.07 Å². The quantitative estimate of drug-likeness (QED) is 0.479. The van der Waals surface area contributed by atoms with E-state index in [1.807, 2.05) is 38.1 Å². The average Bonchev–Trinajstić information content (AvgIpc) is 2.84. The smallest absolute Gasteiger partial charge is 0.277 e. The lowest BCUT2D eigenvalue weighted by Gasteiger charge is -2.10. The van der Waals surface area contributed by atoms with Gasteiger partial charge in [-0.2, -0.15) is 5.10 Å². The maximum atomic E-state index is 11.7. The van der Waals surface area contributed by atoms with Gasteiger partial charge < -0.3 is 9.15 Å². The van der Waals surface area contributed by atoms with E-state index in [4.69, 9.17) is 9.15 Å². The SMILES string of the molecule is Cc1cccc(C)c1OCC(=O)N/N=C\c1ccc(I)o1. The van der Waals surface area contributed by atoms with E-state index < -0.39 is 0 Å². The topological polar surface area (TPSA) is 63.8 Å². The number of carbonyl (C=O) groups is 1. The van der Waals surface area contributed by atoms with Gasteiger partial charge in [-0.05, 0) is 59.7 Å². The zero-order chi connectivity index (χ0) is 15.2. The molecule has 21 heavy (non-hydrogen) atoms. The number of benzene rings is 1. The molecule has 1 N–H and O–H groups in total. The average molecular weight is 398 g/mol. The van der Waals surface area contributed by atoms with Gasteiger partial charge >= 0.3 is 0 Å². The fourth-order valence-corrected chi connectivity index (χ4v) is 2.20. The highest BCUT2D eigenvalue weighted by atomic mass is 127. The number of para-hydroxylation sites is 1. The Balaban J connectivity index is 1.84. The molecule has 110 valence electrons. The number of hydrazone groups is 1. The monoisotopic (exact) mass is 398 g/mol. The molecular formula is C15H15IN2O3. The molecule has 1 heterocycles. The van der Waals surface area contributed by atoms with Crippen LogP contribution in [0.15, 0.2) is 39.9 Å². The number of aryl methyl sites for hydroxylation is 2. The minimum absolute atomic E-state index is 0.0846. The standard InChI is InChI=1S/C15H15IN2O3/c1-10-4-3-5-11(2)15(10)20-9-14(19)18-17-8-12-6-7-13(16)21-12/h3-8H,9H2,1-2H3,(H,18,19)/b17-8-. The van der Waals surface area contributed by atoms with Crippen LogP contribution in [0.1, 0.15) is 16.9 Å². The summed E-state index contributed by atoms with van der Waals surface area (Å²) in [4.78, 5) is 11.7. The van der Waals surface area contributed by atoms with Gasteiger partial charge in [0.25, 0.3) is 5.91 Å². The third-order valence-electron chi connectivity index (χ3n) is 2.73. The molecule has 6 heteroatoms. The Morgan fingerprint density at radius 2 is 2.05 bits per heavy atom. The third kappa shape index (κ3) is 4.59. The number of nitrogens with one attached hydrogen (secondary N) is 1. The Morgan fingerprint density at radius 3 is 2.67 bits per heavy atom. The van der Waals surface area contributed by atoms with E-state index in [0.717, 1.165) is 20.6 Å². The second kappa shape index (κ2) is 7.26. The van der Waals surface area contributed by atoms with Crippen molar-refractivity contribution in [3.8, 4) is 5.75 Å². The Kier molecular flexibility index (Phi) is 5.38. The van der Waals surface area contributed by atoms with Crippen LogP contribution in [0.5, 0.6) is 5.75 Å². The van der Waals surface area contributed by atoms with Crippen LogP contribution in [0, 0.1) is 17.6 Å². The third-order valence-corrected chi connectivity index (χ3v) is 3.31. The number of amides is 1. The molecular weight excluding hydrogens is 383 g/mol. The molecule has 0 atom stereocenters. The maximum Gasteiger partial charge on any atom is 0.277 e. The molecule has 0 saturated carbocycles. The first kappa shape index (κ1) is 15.6. The van der Waals surface area contributed by atoms with Gasteiger partial charge in [-0.15, -0.1) is 0 Å². The fourth-order valence-electron chi connectivity index (χ4n) is 1.76. The Morgan fingerprint density at radius 1 is 1.33 bits per heavy atom. The summed E-state index contributed by atoms with van der Waals surface area (Å²) in [6, 6.07) is 9.42. The highest BCUT2D eigenvalue weighted by Crippen LogP contribution is 2.21. The first-order valence-corrected chi connectivity index (χ1v) is 7.40. The lowest BCUT2D eigenvalue weighted by Crippen LogP contribution is -2.24. The normalized spacial score (nSPS) is 10.8. The van der Waals surface area contributed by atoms with E-state index >= 15 is 0 Å². The molecule has 2 aromatic rings. The first-order valence-electron chi connectivity index (χ1n) is 6.32. The molecule has 0 aliphatic carbocycles. The zero-order valence-electron chi connectivity index (χ0n) is 11.7. The second-order valence-corrected chi connectivity index (χ2v) is 5.51. The van der Waals surface area contributed by atoms with Crippen LogP contribution in [0.4, 0.5) is 0 Å². The van der Waals surface area contributed by atoms with Gasteiger partial charge in [0, 0.05) is 0 Å². The lowest BCUT2D eigenvalue weighted by molar-refractivity contribution is -0.123. The van der Waals surface area contributed by atoms with Crippen LogP contribution in [0.2, 0.25) is 0 Å². The van der Waals surface area contributed by atoms with Gasteiger partial charge in [0.2, 0.25) is 0 Å². The predicted octanol–water partition coefficient (Wildman–Crippen LogP) is 3.03. The van der Waals surface area contributed by atoms with E-state index in [1.165, 1.54) is 6.21 Å². The molecule has 0 spiro atoms. The highest BCUT2D eigenvalue weighted by molar-refractivity contribution is 14.1. The molecule has 1 aromatic carbocycles. The van der Waals surface area contributed by atoms with Crippen molar-refractivity contribution in [3.05, 3.63) is 51.0 Å². The summed E-state index contributed by atoms with van der Waals surface area (Å²) >= 11 is 2.06. The number of ether oxygens (including phenoxy) is 1. The second-order valence-electron chi connectivity index (χ2n) is 4.44. The Bertz CT molecular complexity index is 644. The molecule has 5 nitrogen and oxygen atoms in total. The molecule has 0 fully saturated rings. The van der Waals surface area contributed by atoms with Crippen molar-refractivity contribution in [2.75, 3.05) is 6.61 Å². The largest absolute Gasteiger partial charge is 0.483 e. The number of hydrogen-bond donors (Lipinski definition) is 1. The van der Waals surface area contributed by atoms with Gasteiger partial charge in [0.1, 0.15) is 11.5 Å². The van der Waals surface area contributed by atoms with Crippen LogP contribution in [0.3, 0.4) is 0 Å². The molecule has 0 unspecified atom stereocenters. The summed E-state index contributed by atoms with van der Waals surface area (Å²) in [6.45, 7) is 3.80. The summed E-state index contributed by atoms with van der Waals surface area (Å²) < 4.78 is 11.6. The Labute approximate surface area is 136 Å². The van der Waals surface area contributed by atoms with Crippen molar-refractivity contribution in [1.82, 2.24) is 5.43 Å². The van der Waals surface area contributed by atoms with Crippen LogP contribution in [0.25, 0.3) is 0 Å². The summed E-state index contributed by atoms with van der Waals surface area (Å²) in [5, 5.41) is 3.81. The van der Waals surface area contributed by atoms with E-state index in [-0.39, 0.29) is 12.5 Å². The number of rotatable bonds is 5. The van der Waals surface area contributed by atoms with Gasteiger partial charge in [0.15, 0.2) is 10.4 Å². The van der Waals surface area contributed by atoms with Crippen molar-refractivity contribution in [1.29, 1.82) is 0 Å². The van der Waals surface area contributed by atoms with Crippen LogP contribution in [-0.2, 0) is 4.79 Å². The summed E-state index contributed by atoms with van der Waals surface area (Å²) in [7, 11) is 0. The molecule has 0 saturated heterocycles. The highest BCUT2D eigenvalue weighted by Gasteiger charge is 2.06. The fraction of sp³-hybridized carbons (Fsp3) is 0.200. The van der Waals surface area contributed by atoms with Crippen LogP contribution < -0.4 is 10.2 Å². The first-order chi connectivity index (χ1) is 10.1. The molecule has 0 aliphatic rings. The summed E-state index contributed by atoms with van der Waals surface area (Å²) in [5.74, 6) is 0.989. The van der Waals surface area contributed by atoms with Gasteiger partial charge in [-0.3, -0.25) is 4.79 Å². The molecule has 0 bridgehead atoms. The number of carbonyl (C=O) groups excluding carboxylic acids is 1. The predicted molar refractivity (Wildman–Crippen MR) is 88.6 cm³/mol.